The molecule has 1 aliphatic carbocycles. The van der Waals surface area contributed by atoms with Crippen LogP contribution >= 0.6 is 0 Å². The van der Waals surface area contributed by atoms with E-state index in [-0.39, 0.29) is 24.0 Å². The summed E-state index contributed by atoms with van der Waals surface area (Å²) in [6.07, 6.45) is 4.43. The largest absolute Gasteiger partial charge is 0.458 e. The minimum Gasteiger partial charge on any atom is -0.458 e. The molecular formula is C16H18N2O5. The summed E-state index contributed by atoms with van der Waals surface area (Å²) in [7, 11) is 0. The predicted molar refractivity (Wildman–Crippen MR) is 81.7 cm³/mol. The van der Waals surface area contributed by atoms with Gasteiger partial charge in [-0.3, -0.25) is 19.7 Å². The molecule has 3 rings (SSSR count). The van der Waals surface area contributed by atoms with E-state index in [1.807, 2.05) is 0 Å². The van der Waals surface area contributed by atoms with Gasteiger partial charge in [-0.1, -0.05) is 12.5 Å². The lowest BCUT2D eigenvalue weighted by atomic mass is 9.75. The van der Waals surface area contributed by atoms with Gasteiger partial charge in [0.1, 0.15) is 5.60 Å². The molecule has 1 saturated heterocycles. The van der Waals surface area contributed by atoms with Gasteiger partial charge >= 0.3 is 5.97 Å². The van der Waals surface area contributed by atoms with Gasteiger partial charge in [0.25, 0.3) is 5.69 Å². The zero-order valence-electron chi connectivity index (χ0n) is 12.6. The predicted octanol–water partition coefficient (Wildman–Crippen LogP) is 2.80. The van der Waals surface area contributed by atoms with Crippen LogP contribution < -0.4 is 5.32 Å². The van der Waals surface area contributed by atoms with Gasteiger partial charge in [-0.05, 0) is 31.7 Å². The average Bonchev–Trinajstić information content (AvgIpc) is 2.84. The Hall–Kier alpha value is -2.44. The number of non-ortho nitro benzene ring substituents is 1. The summed E-state index contributed by atoms with van der Waals surface area (Å²) in [5.41, 5.74) is -0.427. The fraction of sp³-hybridized carbons (Fsp3) is 0.500. The van der Waals surface area contributed by atoms with Crippen LogP contribution in [-0.4, -0.2) is 22.4 Å². The number of nitrogens with one attached hydrogen (secondary N) is 1. The van der Waals surface area contributed by atoms with E-state index in [1.54, 1.807) is 6.07 Å². The van der Waals surface area contributed by atoms with Crippen LogP contribution in [0.1, 0.15) is 38.5 Å². The lowest BCUT2D eigenvalue weighted by Gasteiger charge is -2.36. The van der Waals surface area contributed by atoms with Crippen LogP contribution in [-0.2, 0) is 14.3 Å². The molecule has 0 unspecified atom stereocenters. The number of benzene rings is 1. The van der Waals surface area contributed by atoms with Crippen LogP contribution in [0.2, 0.25) is 0 Å². The molecule has 0 bridgehead atoms. The van der Waals surface area contributed by atoms with Crippen LogP contribution in [0.15, 0.2) is 24.3 Å². The number of carbonyl (C=O) groups excluding carboxylic acids is 2. The number of hydrogen-bond donors (Lipinski definition) is 1. The van der Waals surface area contributed by atoms with E-state index in [4.69, 9.17) is 4.74 Å². The first kappa shape index (κ1) is 15.5. The second-order valence-electron chi connectivity index (χ2n) is 6.15. The maximum atomic E-state index is 12.6. The molecule has 7 nitrogen and oxygen atoms in total. The lowest BCUT2D eigenvalue weighted by molar-refractivity contribution is -0.384. The topological polar surface area (TPSA) is 98.5 Å². The Kier molecular flexibility index (Phi) is 4.02. The first-order chi connectivity index (χ1) is 11.0. The highest BCUT2D eigenvalue weighted by atomic mass is 16.6. The van der Waals surface area contributed by atoms with Crippen molar-refractivity contribution < 1.29 is 19.2 Å². The minimum absolute atomic E-state index is 0.0702. The number of amides is 1. The number of anilines is 1. The van der Waals surface area contributed by atoms with Crippen molar-refractivity contribution in [2.24, 2.45) is 5.92 Å². The molecule has 122 valence electrons. The molecule has 1 aliphatic heterocycles. The summed E-state index contributed by atoms with van der Waals surface area (Å²) in [4.78, 5) is 34.6. The van der Waals surface area contributed by atoms with E-state index in [0.29, 0.717) is 18.5 Å². The van der Waals surface area contributed by atoms with Crippen molar-refractivity contribution in [2.45, 2.75) is 44.1 Å². The number of nitro benzene ring substituents is 1. The molecule has 0 aromatic heterocycles. The second kappa shape index (κ2) is 5.98. The van der Waals surface area contributed by atoms with E-state index >= 15 is 0 Å². The van der Waals surface area contributed by atoms with Crippen molar-refractivity contribution in [1.82, 2.24) is 0 Å². The van der Waals surface area contributed by atoms with Crippen molar-refractivity contribution >= 4 is 23.3 Å². The molecule has 1 aromatic carbocycles. The van der Waals surface area contributed by atoms with E-state index in [2.05, 4.69) is 5.32 Å². The smallest absolute Gasteiger partial charge is 0.307 e. The monoisotopic (exact) mass is 318 g/mol. The molecular weight excluding hydrogens is 300 g/mol. The van der Waals surface area contributed by atoms with Gasteiger partial charge < -0.3 is 10.1 Å². The standard InChI is InChI=1S/C16H18N2O5/c19-14-10-13(16(23-14)7-2-1-3-8-16)15(20)17-11-5-4-6-12(9-11)18(21)22/h4-6,9,13H,1-3,7-8,10H2,(H,17,20)/t13-/m1/s1. The molecule has 2 aliphatic rings. The van der Waals surface area contributed by atoms with E-state index < -0.39 is 16.4 Å². The Balaban J connectivity index is 1.78. The van der Waals surface area contributed by atoms with Crippen LogP contribution in [0, 0.1) is 16.0 Å². The molecule has 1 heterocycles. The number of nitrogens with zero attached hydrogens (tertiary/aromatic N) is 1. The Morgan fingerprint density at radius 2 is 2.04 bits per heavy atom. The fourth-order valence-electron chi connectivity index (χ4n) is 3.55. The van der Waals surface area contributed by atoms with Gasteiger partial charge in [-0.25, -0.2) is 0 Å². The molecule has 2 fully saturated rings. The third-order valence-corrected chi connectivity index (χ3v) is 4.66. The maximum Gasteiger partial charge on any atom is 0.307 e. The fourth-order valence-corrected chi connectivity index (χ4v) is 3.55. The lowest BCUT2D eigenvalue weighted by Crippen LogP contribution is -2.43. The number of hydrogen-bond acceptors (Lipinski definition) is 5. The first-order valence-electron chi connectivity index (χ1n) is 7.77. The normalized spacial score (nSPS) is 22.6. The van der Waals surface area contributed by atoms with Gasteiger partial charge in [0, 0.05) is 17.8 Å². The first-order valence-corrected chi connectivity index (χ1v) is 7.77. The van der Waals surface area contributed by atoms with Crippen molar-refractivity contribution in [3.05, 3.63) is 34.4 Å². The summed E-state index contributed by atoms with van der Waals surface area (Å²) in [5.74, 6) is -1.18. The summed E-state index contributed by atoms with van der Waals surface area (Å²) >= 11 is 0. The molecule has 23 heavy (non-hydrogen) atoms. The summed E-state index contributed by atoms with van der Waals surface area (Å²) in [5, 5.41) is 13.5. The van der Waals surface area contributed by atoms with Gasteiger partial charge in [0.05, 0.1) is 17.3 Å². The highest BCUT2D eigenvalue weighted by Crippen LogP contribution is 2.44. The Bertz CT molecular complexity index is 652. The van der Waals surface area contributed by atoms with Crippen molar-refractivity contribution in [1.29, 1.82) is 0 Å². The summed E-state index contributed by atoms with van der Waals surface area (Å²) in [6, 6.07) is 5.78. The Morgan fingerprint density at radius 3 is 2.74 bits per heavy atom. The Morgan fingerprint density at radius 1 is 1.30 bits per heavy atom. The summed E-state index contributed by atoms with van der Waals surface area (Å²) in [6.45, 7) is 0. The second-order valence-corrected chi connectivity index (χ2v) is 6.15. The molecule has 7 heteroatoms. The molecule has 1 atom stereocenters. The number of carbonyl (C=O) groups is 2. The SMILES string of the molecule is O=C1C[C@H](C(=O)Nc2cccc([N+](=O)[O-])c2)C2(CCCCC2)O1. The molecule has 1 saturated carbocycles. The van der Waals surface area contributed by atoms with Gasteiger partial charge in [-0.15, -0.1) is 0 Å². The van der Waals surface area contributed by atoms with Crippen LogP contribution in [0.3, 0.4) is 0 Å². The van der Waals surface area contributed by atoms with Gasteiger partial charge in [-0.2, -0.15) is 0 Å². The minimum atomic E-state index is -0.694. The molecule has 1 N–H and O–H groups in total. The quantitative estimate of drug-likeness (QED) is 0.525. The number of esters is 1. The van der Waals surface area contributed by atoms with Crippen molar-refractivity contribution in [2.75, 3.05) is 5.32 Å². The molecule has 0 radical (unpaired) electrons. The Labute approximate surface area is 133 Å². The van der Waals surface area contributed by atoms with Gasteiger partial charge in [0.2, 0.25) is 5.91 Å². The zero-order chi connectivity index (χ0) is 16.4. The zero-order valence-corrected chi connectivity index (χ0v) is 12.6. The van der Waals surface area contributed by atoms with Crippen LogP contribution in [0.25, 0.3) is 0 Å². The highest BCUT2D eigenvalue weighted by Gasteiger charge is 2.52. The third-order valence-electron chi connectivity index (χ3n) is 4.66. The van der Waals surface area contributed by atoms with E-state index in [1.165, 1.54) is 18.2 Å². The van der Waals surface area contributed by atoms with E-state index in [9.17, 15) is 19.7 Å². The molecule has 1 amide bonds. The average molecular weight is 318 g/mol. The third kappa shape index (κ3) is 3.04. The number of rotatable bonds is 3. The molecule has 1 aromatic rings. The van der Waals surface area contributed by atoms with Crippen molar-refractivity contribution in [3.63, 3.8) is 0 Å². The van der Waals surface area contributed by atoms with Crippen molar-refractivity contribution in [3.8, 4) is 0 Å². The number of ether oxygens (including phenoxy) is 1. The highest BCUT2D eigenvalue weighted by molar-refractivity contribution is 5.97. The molecule has 1 spiro atoms. The van der Waals surface area contributed by atoms with Crippen LogP contribution in [0.5, 0.6) is 0 Å². The number of nitro groups is 1. The maximum absolute atomic E-state index is 12.6. The van der Waals surface area contributed by atoms with Gasteiger partial charge in [0.15, 0.2) is 0 Å². The summed E-state index contributed by atoms with van der Waals surface area (Å²) < 4.78 is 5.52. The van der Waals surface area contributed by atoms with E-state index in [0.717, 1.165) is 19.3 Å². The van der Waals surface area contributed by atoms with Crippen LogP contribution in [0.4, 0.5) is 11.4 Å².